The number of ether oxygens (including phenoxy) is 1. The highest BCUT2D eigenvalue weighted by Crippen LogP contribution is 2.29. The van der Waals surface area contributed by atoms with Gasteiger partial charge in [-0.3, -0.25) is 4.79 Å². The monoisotopic (exact) mass is 373 g/mol. The molecule has 0 aliphatic carbocycles. The van der Waals surface area contributed by atoms with Crippen molar-refractivity contribution in [2.45, 2.75) is 19.3 Å². The van der Waals surface area contributed by atoms with E-state index in [1.165, 1.54) is 19.3 Å². The Hall–Kier alpha value is -2.40. The summed E-state index contributed by atoms with van der Waals surface area (Å²) in [5.41, 5.74) is 2.69. The van der Waals surface area contributed by atoms with Gasteiger partial charge in [-0.25, -0.2) is 0 Å². The predicted octanol–water partition coefficient (Wildman–Crippen LogP) is 4.39. The zero-order valence-electron chi connectivity index (χ0n) is 14.9. The molecule has 138 valence electrons. The van der Waals surface area contributed by atoms with Gasteiger partial charge in [0, 0.05) is 18.1 Å². The summed E-state index contributed by atoms with van der Waals surface area (Å²) in [5, 5.41) is 6.65. The fourth-order valence-electron chi connectivity index (χ4n) is 3.18. The largest absolute Gasteiger partial charge is 0.495 e. The summed E-state index contributed by atoms with van der Waals surface area (Å²) in [7, 11) is 1.56. The second-order valence-corrected chi connectivity index (χ2v) is 6.75. The maximum absolute atomic E-state index is 12.4. The topological polar surface area (TPSA) is 53.6 Å². The Bertz CT molecular complexity index is 760. The lowest BCUT2D eigenvalue weighted by atomic mass is 10.1. The average Bonchev–Trinajstić information content (AvgIpc) is 2.67. The SMILES string of the molecule is COc1ccc(Cl)cc1NC(=O)CNc1ccccc1N1CCCCC1. The number of para-hydroxylation sites is 2. The maximum atomic E-state index is 12.4. The van der Waals surface area contributed by atoms with E-state index in [0.29, 0.717) is 16.5 Å². The van der Waals surface area contributed by atoms with Gasteiger partial charge in [-0.15, -0.1) is 0 Å². The zero-order chi connectivity index (χ0) is 18.4. The molecule has 3 rings (SSSR count). The van der Waals surface area contributed by atoms with Gasteiger partial charge >= 0.3 is 0 Å². The van der Waals surface area contributed by atoms with E-state index in [9.17, 15) is 4.79 Å². The fraction of sp³-hybridized carbons (Fsp3) is 0.350. The van der Waals surface area contributed by atoms with Gasteiger partial charge in [0.05, 0.1) is 30.7 Å². The number of nitrogens with one attached hydrogen (secondary N) is 2. The van der Waals surface area contributed by atoms with Gasteiger partial charge in [0.2, 0.25) is 5.91 Å². The first-order chi connectivity index (χ1) is 12.7. The molecular weight excluding hydrogens is 350 g/mol. The molecule has 1 aliphatic heterocycles. The molecule has 6 heteroatoms. The Kier molecular flexibility index (Phi) is 6.23. The van der Waals surface area contributed by atoms with Crippen LogP contribution in [0.4, 0.5) is 17.1 Å². The van der Waals surface area contributed by atoms with Crippen molar-refractivity contribution in [3.05, 3.63) is 47.5 Å². The maximum Gasteiger partial charge on any atom is 0.243 e. The number of nitrogens with zero attached hydrogens (tertiary/aromatic N) is 1. The van der Waals surface area contributed by atoms with Crippen LogP contribution in [0.3, 0.4) is 0 Å². The molecule has 0 bridgehead atoms. The van der Waals surface area contributed by atoms with E-state index in [2.05, 4.69) is 21.6 Å². The van der Waals surface area contributed by atoms with E-state index in [0.717, 1.165) is 24.5 Å². The summed E-state index contributed by atoms with van der Waals surface area (Å²) in [5.74, 6) is 0.426. The summed E-state index contributed by atoms with van der Waals surface area (Å²) in [4.78, 5) is 14.7. The van der Waals surface area contributed by atoms with Crippen molar-refractivity contribution in [2.75, 3.05) is 42.3 Å². The number of anilines is 3. The van der Waals surface area contributed by atoms with Crippen LogP contribution in [0.5, 0.6) is 5.75 Å². The number of carbonyl (C=O) groups is 1. The third-order valence-electron chi connectivity index (χ3n) is 4.48. The standard InChI is InChI=1S/C20H24ClN3O2/c1-26-19-10-9-15(21)13-17(19)23-20(25)14-22-16-7-3-4-8-18(16)24-11-5-2-6-12-24/h3-4,7-10,13,22H,2,5-6,11-12,14H2,1H3,(H,23,25). The summed E-state index contributed by atoms with van der Waals surface area (Å²) in [6, 6.07) is 13.3. The fourth-order valence-corrected chi connectivity index (χ4v) is 3.35. The third kappa shape index (κ3) is 4.61. The highest BCUT2D eigenvalue weighted by Gasteiger charge is 2.15. The normalized spacial score (nSPS) is 14.0. The highest BCUT2D eigenvalue weighted by molar-refractivity contribution is 6.31. The van der Waals surface area contributed by atoms with E-state index < -0.39 is 0 Å². The molecule has 0 spiro atoms. The van der Waals surface area contributed by atoms with Gasteiger partial charge in [-0.2, -0.15) is 0 Å². The minimum absolute atomic E-state index is 0.154. The quantitative estimate of drug-likeness (QED) is 0.788. The van der Waals surface area contributed by atoms with Crippen LogP contribution in [0.15, 0.2) is 42.5 Å². The first-order valence-corrected chi connectivity index (χ1v) is 9.26. The molecule has 2 N–H and O–H groups in total. The number of rotatable bonds is 6. The number of hydrogen-bond donors (Lipinski definition) is 2. The molecule has 0 radical (unpaired) electrons. The number of hydrogen-bond acceptors (Lipinski definition) is 4. The molecule has 1 saturated heterocycles. The lowest BCUT2D eigenvalue weighted by Crippen LogP contribution is -2.30. The lowest BCUT2D eigenvalue weighted by molar-refractivity contribution is -0.114. The summed E-state index contributed by atoms with van der Waals surface area (Å²) in [6.45, 7) is 2.29. The van der Waals surface area contributed by atoms with E-state index >= 15 is 0 Å². The molecule has 0 aromatic heterocycles. The van der Waals surface area contributed by atoms with E-state index in [-0.39, 0.29) is 12.5 Å². The Labute approximate surface area is 159 Å². The second kappa shape index (κ2) is 8.81. The van der Waals surface area contributed by atoms with Crippen molar-refractivity contribution in [3.63, 3.8) is 0 Å². The lowest BCUT2D eigenvalue weighted by Gasteiger charge is -2.30. The first-order valence-electron chi connectivity index (χ1n) is 8.88. The summed E-state index contributed by atoms with van der Waals surface area (Å²) in [6.07, 6.45) is 3.71. The molecule has 0 atom stereocenters. The van der Waals surface area contributed by atoms with Crippen molar-refractivity contribution in [2.24, 2.45) is 0 Å². The molecule has 0 saturated carbocycles. The van der Waals surface area contributed by atoms with Crippen LogP contribution >= 0.6 is 11.6 Å². The van der Waals surface area contributed by atoms with Crippen LogP contribution in [0.2, 0.25) is 5.02 Å². The molecule has 1 amide bonds. The number of benzene rings is 2. The molecule has 2 aromatic carbocycles. The average molecular weight is 374 g/mol. The molecule has 1 fully saturated rings. The molecule has 1 heterocycles. The molecule has 1 aliphatic rings. The molecule has 2 aromatic rings. The summed E-state index contributed by atoms with van der Waals surface area (Å²) >= 11 is 6.01. The van der Waals surface area contributed by atoms with Gasteiger partial charge in [0.25, 0.3) is 0 Å². The Balaban J connectivity index is 1.64. The van der Waals surface area contributed by atoms with Crippen LogP contribution < -0.4 is 20.3 Å². The van der Waals surface area contributed by atoms with Crippen molar-refractivity contribution < 1.29 is 9.53 Å². The number of piperidine rings is 1. The zero-order valence-corrected chi connectivity index (χ0v) is 15.7. The molecular formula is C20H24ClN3O2. The van der Waals surface area contributed by atoms with Crippen molar-refractivity contribution in [3.8, 4) is 5.75 Å². The Morgan fingerprint density at radius 2 is 1.88 bits per heavy atom. The molecule has 0 unspecified atom stereocenters. The number of amides is 1. The van der Waals surface area contributed by atoms with Crippen molar-refractivity contribution >= 4 is 34.6 Å². The van der Waals surface area contributed by atoms with Crippen LogP contribution in [0.1, 0.15) is 19.3 Å². The molecule has 26 heavy (non-hydrogen) atoms. The van der Waals surface area contributed by atoms with Gasteiger partial charge in [-0.1, -0.05) is 23.7 Å². The van der Waals surface area contributed by atoms with Gasteiger partial charge in [0.1, 0.15) is 5.75 Å². The first kappa shape index (κ1) is 18.4. The van der Waals surface area contributed by atoms with E-state index in [1.54, 1.807) is 25.3 Å². The highest BCUT2D eigenvalue weighted by atomic mass is 35.5. The number of halogens is 1. The third-order valence-corrected chi connectivity index (χ3v) is 4.71. The Morgan fingerprint density at radius 3 is 2.65 bits per heavy atom. The smallest absolute Gasteiger partial charge is 0.243 e. The van der Waals surface area contributed by atoms with E-state index in [4.69, 9.17) is 16.3 Å². The van der Waals surface area contributed by atoms with Gasteiger partial charge in [0.15, 0.2) is 0 Å². The van der Waals surface area contributed by atoms with Gasteiger partial charge in [-0.05, 0) is 49.6 Å². The van der Waals surface area contributed by atoms with Crippen LogP contribution in [0, 0.1) is 0 Å². The van der Waals surface area contributed by atoms with Gasteiger partial charge < -0.3 is 20.3 Å². The molecule has 5 nitrogen and oxygen atoms in total. The van der Waals surface area contributed by atoms with Crippen LogP contribution in [0.25, 0.3) is 0 Å². The number of carbonyl (C=O) groups excluding carboxylic acids is 1. The predicted molar refractivity (Wildman–Crippen MR) is 108 cm³/mol. The van der Waals surface area contributed by atoms with Crippen molar-refractivity contribution in [1.82, 2.24) is 0 Å². The Morgan fingerprint density at radius 1 is 1.12 bits per heavy atom. The second-order valence-electron chi connectivity index (χ2n) is 6.31. The number of methoxy groups -OCH3 is 1. The minimum Gasteiger partial charge on any atom is -0.495 e. The van der Waals surface area contributed by atoms with Crippen molar-refractivity contribution in [1.29, 1.82) is 0 Å². The minimum atomic E-state index is -0.154. The summed E-state index contributed by atoms with van der Waals surface area (Å²) < 4.78 is 5.26. The van der Waals surface area contributed by atoms with E-state index in [1.807, 2.05) is 18.2 Å². The van der Waals surface area contributed by atoms with Crippen LogP contribution in [-0.2, 0) is 4.79 Å². The van der Waals surface area contributed by atoms with Crippen LogP contribution in [-0.4, -0.2) is 32.7 Å².